The molecule has 108 valence electrons. The molecule has 1 aromatic heterocycles. The lowest BCUT2D eigenvalue weighted by Crippen LogP contribution is -2.06. The van der Waals surface area contributed by atoms with E-state index in [9.17, 15) is 4.21 Å². The lowest BCUT2D eigenvalue weighted by Gasteiger charge is -2.07. The van der Waals surface area contributed by atoms with Crippen LogP contribution in [0.25, 0.3) is 0 Å². The van der Waals surface area contributed by atoms with Gasteiger partial charge in [-0.3, -0.25) is 8.89 Å². The second-order valence-corrected chi connectivity index (χ2v) is 6.75. The molecule has 20 heavy (non-hydrogen) atoms. The number of hydrogen-bond donors (Lipinski definition) is 1. The first-order valence-corrected chi connectivity index (χ1v) is 8.65. The van der Waals surface area contributed by atoms with E-state index < -0.39 is 10.8 Å². The summed E-state index contributed by atoms with van der Waals surface area (Å²) in [4.78, 5) is 0.765. The molecule has 0 saturated heterocycles. The van der Waals surface area contributed by atoms with Gasteiger partial charge in [0.1, 0.15) is 0 Å². The van der Waals surface area contributed by atoms with Crippen molar-refractivity contribution < 1.29 is 4.21 Å². The Bertz CT molecular complexity index is 639. The third-order valence-electron chi connectivity index (χ3n) is 3.06. The Morgan fingerprint density at radius 1 is 1.35 bits per heavy atom. The molecule has 1 unspecified atom stereocenters. The fourth-order valence-electron chi connectivity index (χ4n) is 1.99. The predicted molar refractivity (Wildman–Crippen MR) is 85.9 cm³/mol. The summed E-state index contributed by atoms with van der Waals surface area (Å²) in [5.41, 5.74) is 8.40. The maximum Gasteiger partial charge on any atom is 0.0703 e. The van der Waals surface area contributed by atoms with Crippen molar-refractivity contribution in [2.45, 2.75) is 37.5 Å². The molecular formula is C14H18BrN3OS. The Balaban J connectivity index is 2.25. The molecule has 0 radical (unpaired) electrons. The van der Waals surface area contributed by atoms with E-state index in [-0.39, 0.29) is 0 Å². The minimum atomic E-state index is -1.12. The van der Waals surface area contributed by atoms with Crippen molar-refractivity contribution in [3.05, 3.63) is 40.1 Å². The molecule has 2 N–H and O–H groups in total. The standard InChI is InChI=1S/C14H18BrN3OS/c1-3-11-8-12(18(4-2)17-11)9-20(19)14-6-5-10(16)7-13(14)15/h5-8H,3-4,9,16H2,1-2H3. The Labute approximate surface area is 130 Å². The van der Waals surface area contributed by atoms with Crippen LogP contribution >= 0.6 is 15.9 Å². The number of halogens is 1. The van der Waals surface area contributed by atoms with Gasteiger partial charge in [0.15, 0.2) is 0 Å². The summed E-state index contributed by atoms with van der Waals surface area (Å²) in [6.07, 6.45) is 0.887. The van der Waals surface area contributed by atoms with Gasteiger partial charge in [0.25, 0.3) is 0 Å². The maximum absolute atomic E-state index is 12.5. The number of nitrogen functional groups attached to an aromatic ring is 1. The second kappa shape index (κ2) is 6.54. The van der Waals surface area contributed by atoms with Crippen LogP contribution in [0.5, 0.6) is 0 Å². The SMILES string of the molecule is CCc1cc(CS(=O)c2ccc(N)cc2Br)n(CC)n1. The van der Waals surface area contributed by atoms with Gasteiger partial charge in [-0.15, -0.1) is 0 Å². The first-order valence-electron chi connectivity index (χ1n) is 6.54. The lowest BCUT2D eigenvalue weighted by atomic mass is 10.3. The van der Waals surface area contributed by atoms with Crippen LogP contribution < -0.4 is 5.73 Å². The first kappa shape index (κ1) is 15.3. The van der Waals surface area contributed by atoms with Gasteiger partial charge >= 0.3 is 0 Å². The highest BCUT2D eigenvalue weighted by atomic mass is 79.9. The van der Waals surface area contributed by atoms with Crippen molar-refractivity contribution in [1.29, 1.82) is 0 Å². The van der Waals surface area contributed by atoms with E-state index in [4.69, 9.17) is 5.73 Å². The Hall–Kier alpha value is -1.14. The summed E-state index contributed by atoms with van der Waals surface area (Å²) in [6, 6.07) is 7.39. The number of hydrogen-bond acceptors (Lipinski definition) is 3. The molecule has 0 bridgehead atoms. The largest absolute Gasteiger partial charge is 0.399 e. The number of nitrogens with two attached hydrogens (primary N) is 1. The van der Waals surface area contributed by atoms with Crippen molar-refractivity contribution in [2.24, 2.45) is 0 Å². The molecule has 0 aliphatic carbocycles. The molecule has 0 saturated carbocycles. The zero-order chi connectivity index (χ0) is 14.7. The van der Waals surface area contributed by atoms with E-state index in [1.807, 2.05) is 23.7 Å². The van der Waals surface area contributed by atoms with Crippen LogP contribution in [-0.4, -0.2) is 14.0 Å². The van der Waals surface area contributed by atoms with E-state index in [1.54, 1.807) is 12.1 Å². The highest BCUT2D eigenvalue weighted by Gasteiger charge is 2.13. The van der Waals surface area contributed by atoms with Gasteiger partial charge in [-0.1, -0.05) is 6.92 Å². The van der Waals surface area contributed by atoms with Gasteiger partial charge in [-0.25, -0.2) is 0 Å². The molecule has 1 heterocycles. The maximum atomic E-state index is 12.5. The summed E-state index contributed by atoms with van der Waals surface area (Å²) >= 11 is 3.42. The average molecular weight is 356 g/mol. The molecule has 1 aromatic carbocycles. The molecule has 0 aliphatic heterocycles. The van der Waals surface area contributed by atoms with Crippen LogP contribution in [0.15, 0.2) is 33.6 Å². The minimum Gasteiger partial charge on any atom is -0.399 e. The molecule has 1 atom stereocenters. The minimum absolute atomic E-state index is 0.462. The highest BCUT2D eigenvalue weighted by molar-refractivity contribution is 9.10. The number of aryl methyl sites for hydroxylation is 2. The van der Waals surface area contributed by atoms with Crippen molar-refractivity contribution in [3.8, 4) is 0 Å². The van der Waals surface area contributed by atoms with Crippen LogP contribution in [0.1, 0.15) is 25.2 Å². The number of nitrogens with zero attached hydrogens (tertiary/aromatic N) is 2. The second-order valence-electron chi connectivity index (χ2n) is 4.48. The summed E-state index contributed by atoms with van der Waals surface area (Å²) in [5.74, 6) is 0.462. The summed E-state index contributed by atoms with van der Waals surface area (Å²) in [7, 11) is -1.12. The van der Waals surface area contributed by atoms with Crippen LogP contribution in [0.2, 0.25) is 0 Å². The van der Waals surface area contributed by atoms with Crippen LogP contribution in [0.4, 0.5) is 5.69 Å². The van der Waals surface area contributed by atoms with E-state index >= 15 is 0 Å². The Kier molecular flexibility index (Phi) is 4.99. The topological polar surface area (TPSA) is 60.9 Å². The van der Waals surface area contributed by atoms with Gasteiger partial charge in [0.05, 0.1) is 32.8 Å². The van der Waals surface area contributed by atoms with Gasteiger partial charge in [0, 0.05) is 16.7 Å². The summed E-state index contributed by atoms with van der Waals surface area (Å²) in [5, 5.41) is 4.48. The van der Waals surface area contributed by atoms with Crippen LogP contribution in [0.3, 0.4) is 0 Å². The monoisotopic (exact) mass is 355 g/mol. The molecule has 2 rings (SSSR count). The molecule has 2 aromatic rings. The highest BCUT2D eigenvalue weighted by Crippen LogP contribution is 2.25. The predicted octanol–water partition coefficient (Wildman–Crippen LogP) is 3.12. The van der Waals surface area contributed by atoms with E-state index in [0.717, 1.165) is 33.7 Å². The lowest BCUT2D eigenvalue weighted by molar-refractivity contribution is 0.623. The number of benzene rings is 1. The Morgan fingerprint density at radius 3 is 2.70 bits per heavy atom. The fourth-order valence-corrected chi connectivity index (χ4v) is 4.08. The smallest absolute Gasteiger partial charge is 0.0703 e. The summed E-state index contributed by atoms with van der Waals surface area (Å²) in [6.45, 7) is 4.90. The van der Waals surface area contributed by atoms with Crippen molar-refractivity contribution >= 4 is 32.4 Å². The molecule has 6 heteroatoms. The molecular weight excluding hydrogens is 338 g/mol. The molecule has 0 aliphatic rings. The number of anilines is 1. The molecule has 0 spiro atoms. The third kappa shape index (κ3) is 3.30. The number of aromatic nitrogens is 2. The van der Waals surface area contributed by atoms with Crippen molar-refractivity contribution in [3.63, 3.8) is 0 Å². The van der Waals surface area contributed by atoms with Crippen molar-refractivity contribution in [1.82, 2.24) is 9.78 Å². The molecule has 4 nitrogen and oxygen atoms in total. The van der Waals surface area contributed by atoms with Crippen molar-refractivity contribution in [2.75, 3.05) is 5.73 Å². The van der Waals surface area contributed by atoms with E-state index in [0.29, 0.717) is 11.4 Å². The first-order chi connectivity index (χ1) is 9.55. The van der Waals surface area contributed by atoms with Gasteiger partial charge in [-0.2, -0.15) is 5.10 Å². The van der Waals surface area contributed by atoms with E-state index in [1.165, 1.54) is 0 Å². The van der Waals surface area contributed by atoms with Gasteiger partial charge in [-0.05, 0) is 53.5 Å². The van der Waals surface area contributed by atoms with Crippen LogP contribution in [-0.2, 0) is 29.5 Å². The fraction of sp³-hybridized carbons (Fsp3) is 0.357. The molecule has 0 amide bonds. The zero-order valence-electron chi connectivity index (χ0n) is 11.6. The van der Waals surface area contributed by atoms with Gasteiger partial charge < -0.3 is 5.73 Å². The van der Waals surface area contributed by atoms with Gasteiger partial charge in [0.2, 0.25) is 0 Å². The Morgan fingerprint density at radius 2 is 2.10 bits per heavy atom. The third-order valence-corrected chi connectivity index (χ3v) is 5.38. The number of rotatable bonds is 5. The zero-order valence-corrected chi connectivity index (χ0v) is 14.0. The molecule has 0 fully saturated rings. The normalized spacial score (nSPS) is 12.6. The van der Waals surface area contributed by atoms with E-state index in [2.05, 4.69) is 28.0 Å². The average Bonchev–Trinajstić information content (AvgIpc) is 2.80. The van der Waals surface area contributed by atoms with Crippen LogP contribution in [0, 0.1) is 0 Å². The summed E-state index contributed by atoms with van der Waals surface area (Å²) < 4.78 is 15.2. The quantitative estimate of drug-likeness (QED) is 0.838.